The summed E-state index contributed by atoms with van der Waals surface area (Å²) in [4.78, 5) is 11.5. The van der Waals surface area contributed by atoms with Crippen LogP contribution < -0.4 is 4.74 Å². The molecule has 2 nitrogen and oxygen atoms in total. The molecule has 0 N–H and O–H groups in total. The molecule has 1 rings (SSSR count). The molecule has 0 amide bonds. The van der Waals surface area contributed by atoms with E-state index in [1.165, 1.54) is 19.3 Å². The Morgan fingerprint density at radius 2 is 1.83 bits per heavy atom. The van der Waals surface area contributed by atoms with Crippen LogP contribution in [0.3, 0.4) is 0 Å². The summed E-state index contributed by atoms with van der Waals surface area (Å²) in [6.07, 6.45) is 6.00. The van der Waals surface area contributed by atoms with E-state index in [-0.39, 0.29) is 5.97 Å². The van der Waals surface area contributed by atoms with Gasteiger partial charge in [0.2, 0.25) is 0 Å². The average molecular weight is 289 g/mol. The Bertz CT molecular complexity index is 391. The fourth-order valence-electron chi connectivity index (χ4n) is 1.60. The van der Waals surface area contributed by atoms with Gasteiger partial charge in [0, 0.05) is 12.5 Å². The zero-order valence-electron chi connectivity index (χ0n) is 10.5. The number of benzene rings is 1. The van der Waals surface area contributed by atoms with E-state index in [2.05, 4.69) is 6.92 Å². The van der Waals surface area contributed by atoms with Gasteiger partial charge >= 0.3 is 5.97 Å². The highest BCUT2D eigenvalue weighted by atomic mass is 35.5. The van der Waals surface area contributed by atoms with E-state index < -0.39 is 0 Å². The average Bonchev–Trinajstić information content (AvgIpc) is 2.34. The Labute approximate surface area is 118 Å². The molecule has 0 aliphatic rings. The maximum Gasteiger partial charge on any atom is 0.311 e. The van der Waals surface area contributed by atoms with Crippen LogP contribution in [0.4, 0.5) is 0 Å². The number of unbranched alkanes of at least 4 members (excludes halogenated alkanes) is 4. The number of carbonyl (C=O) groups is 1. The van der Waals surface area contributed by atoms with E-state index in [1.54, 1.807) is 18.2 Å². The summed E-state index contributed by atoms with van der Waals surface area (Å²) in [7, 11) is 0. The lowest BCUT2D eigenvalue weighted by Gasteiger charge is -2.05. The van der Waals surface area contributed by atoms with Crippen LogP contribution in [0.5, 0.6) is 5.75 Å². The van der Waals surface area contributed by atoms with Gasteiger partial charge in [-0.3, -0.25) is 4.79 Å². The van der Waals surface area contributed by atoms with Crippen molar-refractivity contribution in [2.45, 2.75) is 45.4 Å². The monoisotopic (exact) mass is 288 g/mol. The molecule has 0 heterocycles. The highest BCUT2D eigenvalue weighted by molar-refractivity contribution is 6.42. The minimum absolute atomic E-state index is 0.218. The van der Waals surface area contributed by atoms with Gasteiger partial charge in [0.25, 0.3) is 0 Å². The summed E-state index contributed by atoms with van der Waals surface area (Å²) < 4.78 is 5.17. The number of carbonyl (C=O) groups excluding carboxylic acids is 1. The van der Waals surface area contributed by atoms with Crippen LogP contribution in [0.1, 0.15) is 45.4 Å². The van der Waals surface area contributed by atoms with Crippen molar-refractivity contribution in [2.75, 3.05) is 0 Å². The first-order valence-electron chi connectivity index (χ1n) is 6.29. The van der Waals surface area contributed by atoms with Gasteiger partial charge in [0.15, 0.2) is 0 Å². The van der Waals surface area contributed by atoms with Crippen LogP contribution in [0.25, 0.3) is 0 Å². The van der Waals surface area contributed by atoms with Crippen molar-refractivity contribution in [2.24, 2.45) is 0 Å². The summed E-state index contributed by atoms with van der Waals surface area (Å²) in [6.45, 7) is 2.17. The number of halogens is 2. The number of esters is 1. The molecule has 0 aliphatic carbocycles. The molecule has 0 atom stereocenters. The van der Waals surface area contributed by atoms with Gasteiger partial charge in [0.1, 0.15) is 5.75 Å². The minimum atomic E-state index is -0.218. The number of rotatable bonds is 7. The largest absolute Gasteiger partial charge is 0.426 e. The standard InChI is InChI=1S/C14H18Cl2O2/c1-2-3-4-5-6-7-14(17)18-11-8-9-12(15)13(16)10-11/h8-10H,2-7H2,1H3. The molecule has 0 saturated carbocycles. The topological polar surface area (TPSA) is 26.3 Å². The van der Waals surface area contributed by atoms with E-state index in [0.717, 1.165) is 12.8 Å². The third-order valence-corrected chi connectivity index (χ3v) is 3.35. The molecule has 0 saturated heterocycles. The number of ether oxygens (including phenoxy) is 1. The lowest BCUT2D eigenvalue weighted by Crippen LogP contribution is -2.07. The van der Waals surface area contributed by atoms with Crippen molar-refractivity contribution in [1.82, 2.24) is 0 Å². The maximum absolute atomic E-state index is 11.5. The summed E-state index contributed by atoms with van der Waals surface area (Å²) >= 11 is 11.6. The zero-order chi connectivity index (χ0) is 13.4. The third-order valence-electron chi connectivity index (χ3n) is 2.61. The van der Waals surface area contributed by atoms with Gasteiger partial charge in [-0.1, -0.05) is 55.8 Å². The molecular weight excluding hydrogens is 271 g/mol. The van der Waals surface area contributed by atoms with E-state index in [9.17, 15) is 4.79 Å². The van der Waals surface area contributed by atoms with E-state index >= 15 is 0 Å². The molecule has 1 aromatic carbocycles. The van der Waals surface area contributed by atoms with Crippen molar-refractivity contribution in [1.29, 1.82) is 0 Å². The molecule has 1 aromatic rings. The van der Waals surface area contributed by atoms with Gasteiger partial charge in [0.05, 0.1) is 10.0 Å². The number of hydrogen-bond donors (Lipinski definition) is 0. The molecular formula is C14H18Cl2O2. The lowest BCUT2D eigenvalue weighted by atomic mass is 10.1. The van der Waals surface area contributed by atoms with Gasteiger partial charge < -0.3 is 4.74 Å². The van der Waals surface area contributed by atoms with Crippen molar-refractivity contribution in [3.05, 3.63) is 28.2 Å². The first kappa shape index (κ1) is 15.3. The van der Waals surface area contributed by atoms with Crippen LogP contribution in [0.2, 0.25) is 10.0 Å². The second-order valence-corrected chi connectivity index (χ2v) is 5.03. The Morgan fingerprint density at radius 3 is 2.50 bits per heavy atom. The van der Waals surface area contributed by atoms with Gasteiger partial charge in [-0.25, -0.2) is 0 Å². The molecule has 0 aromatic heterocycles. The molecule has 4 heteroatoms. The predicted octanol–water partition coefficient (Wildman–Crippen LogP) is 5.26. The van der Waals surface area contributed by atoms with Crippen LogP contribution in [0.15, 0.2) is 18.2 Å². The Balaban J connectivity index is 2.29. The summed E-state index contributed by atoms with van der Waals surface area (Å²) in [6, 6.07) is 4.82. The van der Waals surface area contributed by atoms with Crippen molar-refractivity contribution in [3.8, 4) is 5.75 Å². The van der Waals surface area contributed by atoms with Gasteiger partial charge in [-0.2, -0.15) is 0 Å². The molecule has 100 valence electrons. The fourth-order valence-corrected chi connectivity index (χ4v) is 1.88. The van der Waals surface area contributed by atoms with Crippen LogP contribution in [0, 0.1) is 0 Å². The van der Waals surface area contributed by atoms with E-state index in [1.807, 2.05) is 0 Å². The molecule has 0 unspecified atom stereocenters. The second kappa shape index (κ2) is 8.39. The zero-order valence-corrected chi connectivity index (χ0v) is 12.1. The molecule has 0 fully saturated rings. The second-order valence-electron chi connectivity index (χ2n) is 4.21. The van der Waals surface area contributed by atoms with Crippen LogP contribution >= 0.6 is 23.2 Å². The Kier molecular flexibility index (Phi) is 7.14. The maximum atomic E-state index is 11.5. The van der Waals surface area contributed by atoms with Gasteiger partial charge in [-0.05, 0) is 18.6 Å². The summed E-state index contributed by atoms with van der Waals surface area (Å²) in [5.74, 6) is 0.229. The van der Waals surface area contributed by atoms with Crippen molar-refractivity contribution in [3.63, 3.8) is 0 Å². The normalized spacial score (nSPS) is 10.4. The molecule has 0 radical (unpaired) electrons. The quantitative estimate of drug-likeness (QED) is 0.389. The van der Waals surface area contributed by atoms with E-state index in [4.69, 9.17) is 27.9 Å². The summed E-state index contributed by atoms with van der Waals surface area (Å²) in [5.41, 5.74) is 0. The highest BCUT2D eigenvalue weighted by Gasteiger charge is 2.06. The summed E-state index contributed by atoms with van der Waals surface area (Å²) in [5, 5.41) is 0.848. The Hall–Kier alpha value is -0.730. The van der Waals surface area contributed by atoms with Crippen molar-refractivity contribution < 1.29 is 9.53 Å². The number of hydrogen-bond acceptors (Lipinski definition) is 2. The highest BCUT2D eigenvalue weighted by Crippen LogP contribution is 2.26. The van der Waals surface area contributed by atoms with E-state index in [0.29, 0.717) is 22.2 Å². The predicted molar refractivity (Wildman–Crippen MR) is 75.5 cm³/mol. The third kappa shape index (κ3) is 5.74. The SMILES string of the molecule is CCCCCCCC(=O)Oc1ccc(Cl)c(Cl)c1. The van der Waals surface area contributed by atoms with Crippen molar-refractivity contribution >= 4 is 29.2 Å². The smallest absolute Gasteiger partial charge is 0.311 e. The first-order chi connectivity index (χ1) is 8.63. The fraction of sp³-hybridized carbons (Fsp3) is 0.500. The van der Waals surface area contributed by atoms with Crippen LogP contribution in [-0.4, -0.2) is 5.97 Å². The molecule has 0 bridgehead atoms. The first-order valence-corrected chi connectivity index (χ1v) is 7.04. The van der Waals surface area contributed by atoms with Gasteiger partial charge in [-0.15, -0.1) is 0 Å². The lowest BCUT2D eigenvalue weighted by molar-refractivity contribution is -0.134. The van der Waals surface area contributed by atoms with Crippen LogP contribution in [-0.2, 0) is 4.79 Å². The molecule has 18 heavy (non-hydrogen) atoms. The molecule has 0 spiro atoms. The Morgan fingerprint density at radius 1 is 1.11 bits per heavy atom. The minimum Gasteiger partial charge on any atom is -0.426 e. The molecule has 0 aliphatic heterocycles.